The number of rotatable bonds is 3. The van der Waals surface area contributed by atoms with Crippen molar-refractivity contribution in [3.8, 4) is 0 Å². The lowest BCUT2D eigenvalue weighted by atomic mass is 10.2. The highest BCUT2D eigenvalue weighted by Gasteiger charge is 2.11. The van der Waals surface area contributed by atoms with Gasteiger partial charge in [-0.3, -0.25) is 0 Å². The quantitative estimate of drug-likeness (QED) is 0.879. The summed E-state index contributed by atoms with van der Waals surface area (Å²) >= 11 is 7.78. The fourth-order valence-electron chi connectivity index (χ4n) is 1.72. The van der Waals surface area contributed by atoms with Crippen molar-refractivity contribution in [3.05, 3.63) is 44.9 Å². The molecule has 0 saturated carbocycles. The SMILES string of the molecule is Cc1ccc(NC(C)c2scnc2C)cc1Cl. The molecule has 2 aromatic rings. The number of anilines is 1. The summed E-state index contributed by atoms with van der Waals surface area (Å²) in [5, 5.41) is 4.23. The fraction of sp³-hybridized carbons (Fsp3) is 0.308. The van der Waals surface area contributed by atoms with Crippen LogP contribution in [0.5, 0.6) is 0 Å². The number of nitrogens with zero attached hydrogens (tertiary/aromatic N) is 1. The van der Waals surface area contributed by atoms with Crippen LogP contribution in [0.25, 0.3) is 0 Å². The molecule has 0 saturated heterocycles. The van der Waals surface area contributed by atoms with E-state index in [1.807, 2.05) is 37.6 Å². The number of nitrogens with one attached hydrogen (secondary N) is 1. The average Bonchev–Trinajstić information content (AvgIpc) is 2.70. The van der Waals surface area contributed by atoms with Crippen LogP contribution in [0.15, 0.2) is 23.7 Å². The van der Waals surface area contributed by atoms with E-state index in [0.717, 1.165) is 22.0 Å². The minimum absolute atomic E-state index is 0.251. The van der Waals surface area contributed by atoms with Gasteiger partial charge >= 0.3 is 0 Å². The van der Waals surface area contributed by atoms with Crippen LogP contribution in [0, 0.1) is 13.8 Å². The van der Waals surface area contributed by atoms with E-state index in [2.05, 4.69) is 17.2 Å². The van der Waals surface area contributed by atoms with E-state index in [4.69, 9.17) is 11.6 Å². The van der Waals surface area contributed by atoms with E-state index in [9.17, 15) is 0 Å². The van der Waals surface area contributed by atoms with Crippen LogP contribution < -0.4 is 5.32 Å². The number of thiazole rings is 1. The lowest BCUT2D eigenvalue weighted by Crippen LogP contribution is -2.06. The molecular formula is C13H15ClN2S. The molecule has 0 spiro atoms. The van der Waals surface area contributed by atoms with Gasteiger partial charge in [-0.1, -0.05) is 17.7 Å². The molecular weight excluding hydrogens is 252 g/mol. The summed E-state index contributed by atoms with van der Waals surface area (Å²) in [6, 6.07) is 6.29. The van der Waals surface area contributed by atoms with Gasteiger partial charge < -0.3 is 5.32 Å². The number of hydrogen-bond donors (Lipinski definition) is 1. The second-order valence-corrected chi connectivity index (χ2v) is 5.43. The van der Waals surface area contributed by atoms with E-state index in [0.29, 0.717) is 0 Å². The van der Waals surface area contributed by atoms with Crippen molar-refractivity contribution in [2.75, 3.05) is 5.32 Å². The molecule has 90 valence electrons. The Bertz CT molecular complexity index is 522. The van der Waals surface area contributed by atoms with Crippen molar-refractivity contribution < 1.29 is 0 Å². The lowest BCUT2D eigenvalue weighted by molar-refractivity contribution is 0.890. The lowest BCUT2D eigenvalue weighted by Gasteiger charge is -2.15. The Morgan fingerprint density at radius 1 is 1.35 bits per heavy atom. The van der Waals surface area contributed by atoms with Crippen LogP contribution >= 0.6 is 22.9 Å². The Hall–Kier alpha value is -1.06. The first-order valence-electron chi connectivity index (χ1n) is 5.50. The van der Waals surface area contributed by atoms with Gasteiger partial charge in [0.2, 0.25) is 0 Å². The molecule has 0 fully saturated rings. The van der Waals surface area contributed by atoms with E-state index in [1.54, 1.807) is 11.3 Å². The molecule has 0 aliphatic rings. The molecule has 0 bridgehead atoms. The number of hydrogen-bond acceptors (Lipinski definition) is 3. The first kappa shape index (κ1) is 12.4. The van der Waals surface area contributed by atoms with Gasteiger partial charge in [0.1, 0.15) is 0 Å². The Balaban J connectivity index is 2.16. The van der Waals surface area contributed by atoms with Crippen LogP contribution in [0.1, 0.15) is 29.1 Å². The van der Waals surface area contributed by atoms with Crippen molar-refractivity contribution in [2.24, 2.45) is 0 Å². The fourth-order valence-corrected chi connectivity index (χ4v) is 2.72. The predicted octanol–water partition coefficient (Wildman–Crippen LogP) is 4.59. The first-order valence-corrected chi connectivity index (χ1v) is 6.76. The molecule has 0 radical (unpaired) electrons. The molecule has 1 aromatic carbocycles. The van der Waals surface area contributed by atoms with Gasteiger partial charge in [0, 0.05) is 15.6 Å². The zero-order valence-corrected chi connectivity index (χ0v) is 11.7. The first-order chi connectivity index (χ1) is 8.08. The summed E-state index contributed by atoms with van der Waals surface area (Å²) in [7, 11) is 0. The molecule has 0 aliphatic heterocycles. The topological polar surface area (TPSA) is 24.9 Å². The average molecular weight is 267 g/mol. The van der Waals surface area contributed by atoms with E-state index in [-0.39, 0.29) is 6.04 Å². The molecule has 1 heterocycles. The number of benzene rings is 1. The van der Waals surface area contributed by atoms with Gasteiger partial charge in [-0.05, 0) is 38.5 Å². The number of halogens is 1. The highest BCUT2D eigenvalue weighted by molar-refractivity contribution is 7.09. The highest BCUT2D eigenvalue weighted by atomic mass is 35.5. The van der Waals surface area contributed by atoms with E-state index < -0.39 is 0 Å². The summed E-state index contributed by atoms with van der Waals surface area (Å²) in [6.45, 7) is 6.17. The molecule has 1 aromatic heterocycles. The minimum Gasteiger partial charge on any atom is -0.378 e. The third kappa shape index (κ3) is 2.79. The molecule has 1 N–H and O–H groups in total. The standard InChI is InChI=1S/C13H15ClN2S/c1-8-4-5-11(6-12(8)14)16-10(3)13-9(2)15-7-17-13/h4-7,10,16H,1-3H3. The van der Waals surface area contributed by atoms with Crippen molar-refractivity contribution in [3.63, 3.8) is 0 Å². The predicted molar refractivity (Wildman–Crippen MR) is 75.1 cm³/mol. The maximum Gasteiger partial charge on any atom is 0.0798 e. The monoisotopic (exact) mass is 266 g/mol. The molecule has 2 nitrogen and oxygen atoms in total. The third-order valence-corrected chi connectivity index (χ3v) is 4.25. The van der Waals surface area contributed by atoms with Crippen LogP contribution in [0.2, 0.25) is 5.02 Å². The largest absolute Gasteiger partial charge is 0.378 e. The zero-order chi connectivity index (χ0) is 12.4. The van der Waals surface area contributed by atoms with Gasteiger partial charge in [0.15, 0.2) is 0 Å². The molecule has 2 rings (SSSR count). The van der Waals surface area contributed by atoms with Gasteiger partial charge in [0.25, 0.3) is 0 Å². The zero-order valence-electron chi connectivity index (χ0n) is 10.1. The van der Waals surface area contributed by atoms with E-state index in [1.165, 1.54) is 4.88 Å². The summed E-state index contributed by atoms with van der Waals surface area (Å²) in [5.74, 6) is 0. The van der Waals surface area contributed by atoms with Crippen molar-refractivity contribution in [2.45, 2.75) is 26.8 Å². The summed E-state index contributed by atoms with van der Waals surface area (Å²) < 4.78 is 0. The molecule has 4 heteroatoms. The Morgan fingerprint density at radius 3 is 2.71 bits per heavy atom. The smallest absolute Gasteiger partial charge is 0.0798 e. The normalized spacial score (nSPS) is 12.5. The van der Waals surface area contributed by atoms with Gasteiger partial charge in [-0.25, -0.2) is 4.98 Å². The van der Waals surface area contributed by atoms with Gasteiger partial charge in [0.05, 0.1) is 17.2 Å². The maximum absolute atomic E-state index is 6.10. The van der Waals surface area contributed by atoms with Gasteiger partial charge in [-0.15, -0.1) is 11.3 Å². The third-order valence-electron chi connectivity index (χ3n) is 2.73. The van der Waals surface area contributed by atoms with Crippen LogP contribution in [0.4, 0.5) is 5.69 Å². The Kier molecular flexibility index (Phi) is 3.69. The Labute approximate surface area is 111 Å². The highest BCUT2D eigenvalue weighted by Crippen LogP contribution is 2.27. The summed E-state index contributed by atoms with van der Waals surface area (Å²) in [6.07, 6.45) is 0. The number of aryl methyl sites for hydroxylation is 2. The van der Waals surface area contributed by atoms with E-state index >= 15 is 0 Å². The molecule has 1 unspecified atom stereocenters. The minimum atomic E-state index is 0.251. The van der Waals surface area contributed by atoms with Gasteiger partial charge in [-0.2, -0.15) is 0 Å². The van der Waals surface area contributed by atoms with Crippen LogP contribution in [-0.4, -0.2) is 4.98 Å². The summed E-state index contributed by atoms with van der Waals surface area (Å²) in [5.41, 5.74) is 5.11. The van der Waals surface area contributed by atoms with Crippen LogP contribution in [0.3, 0.4) is 0 Å². The second-order valence-electron chi connectivity index (χ2n) is 4.13. The van der Waals surface area contributed by atoms with Crippen LogP contribution in [-0.2, 0) is 0 Å². The molecule has 0 amide bonds. The number of aromatic nitrogens is 1. The molecule has 0 aliphatic carbocycles. The molecule has 1 atom stereocenters. The summed E-state index contributed by atoms with van der Waals surface area (Å²) in [4.78, 5) is 5.53. The van der Waals surface area contributed by atoms with Crippen molar-refractivity contribution in [1.29, 1.82) is 0 Å². The Morgan fingerprint density at radius 2 is 2.12 bits per heavy atom. The second kappa shape index (κ2) is 5.07. The molecule has 17 heavy (non-hydrogen) atoms. The van der Waals surface area contributed by atoms with Crippen molar-refractivity contribution >= 4 is 28.6 Å². The maximum atomic E-state index is 6.10. The van der Waals surface area contributed by atoms with Crippen molar-refractivity contribution in [1.82, 2.24) is 4.98 Å².